The highest BCUT2D eigenvalue weighted by Crippen LogP contribution is 2.41. The van der Waals surface area contributed by atoms with Crippen molar-refractivity contribution in [3.8, 4) is 11.5 Å². The van der Waals surface area contributed by atoms with Crippen molar-refractivity contribution in [2.45, 2.75) is 89.5 Å². The maximum Gasteiger partial charge on any atom is 0.573 e. The highest BCUT2D eigenvalue weighted by molar-refractivity contribution is 5.99. The van der Waals surface area contributed by atoms with Crippen molar-refractivity contribution in [2.75, 3.05) is 72.2 Å². The number of hydrogen-bond acceptors (Lipinski definition) is 13. The molecule has 67 heavy (non-hydrogen) atoms. The van der Waals surface area contributed by atoms with Crippen LogP contribution in [0.2, 0.25) is 0 Å². The van der Waals surface area contributed by atoms with E-state index in [4.69, 9.17) is 4.74 Å². The third-order valence-electron chi connectivity index (χ3n) is 9.22. The van der Waals surface area contributed by atoms with Gasteiger partial charge in [0.05, 0.1) is 11.4 Å². The zero-order valence-electron chi connectivity index (χ0n) is 37.5. The van der Waals surface area contributed by atoms with Crippen LogP contribution >= 0.6 is 0 Å². The first kappa shape index (κ1) is 51.1. The Morgan fingerprint density at radius 1 is 0.627 bits per heavy atom. The van der Waals surface area contributed by atoms with Gasteiger partial charge in [-0.3, -0.25) is 10.6 Å². The molecule has 0 aliphatic heterocycles. The summed E-state index contributed by atoms with van der Waals surface area (Å²) >= 11 is 0. The molecule has 0 unspecified atom stereocenters. The number of rotatable bonds is 18. The zero-order valence-corrected chi connectivity index (χ0v) is 37.5. The Morgan fingerprint density at radius 3 is 1.42 bits per heavy atom. The summed E-state index contributed by atoms with van der Waals surface area (Å²) in [5, 5.41) is 19.7. The van der Waals surface area contributed by atoms with Crippen LogP contribution in [0.1, 0.15) is 82.5 Å². The van der Waals surface area contributed by atoms with Crippen LogP contribution in [0.4, 0.5) is 75.6 Å². The van der Waals surface area contributed by atoms with Gasteiger partial charge in [0.2, 0.25) is 11.9 Å². The van der Waals surface area contributed by atoms with E-state index in [0.29, 0.717) is 48.7 Å². The molecular formula is C43H54F6N12O6. The number of anilines is 6. The molecule has 5 amide bonds. The Labute approximate surface area is 382 Å². The molecule has 2 heterocycles. The lowest BCUT2D eigenvalue weighted by Gasteiger charge is -2.24. The number of nitrogens with one attached hydrogen (secondary N) is 7. The van der Waals surface area contributed by atoms with Crippen molar-refractivity contribution < 1.29 is 54.9 Å². The molecule has 18 nitrogen and oxygen atoms in total. The Hall–Kier alpha value is -6.85. The molecule has 0 spiro atoms. The summed E-state index contributed by atoms with van der Waals surface area (Å²) in [5.41, 5.74) is 1.66. The molecule has 2 saturated carbocycles. The third-order valence-corrected chi connectivity index (χ3v) is 9.22. The predicted octanol–water partition coefficient (Wildman–Crippen LogP) is 9.48. The molecule has 2 aliphatic rings. The van der Waals surface area contributed by atoms with E-state index in [1.54, 1.807) is 7.05 Å². The summed E-state index contributed by atoms with van der Waals surface area (Å²) in [7, 11) is 3.55. The van der Waals surface area contributed by atoms with E-state index in [0.717, 1.165) is 80.8 Å². The first-order chi connectivity index (χ1) is 31.6. The fourth-order valence-electron chi connectivity index (χ4n) is 5.85. The lowest BCUT2D eigenvalue weighted by Crippen LogP contribution is -2.35. The number of alkyl halides is 6. The number of benzene rings is 2. The highest BCUT2D eigenvalue weighted by Gasteiger charge is 2.32. The number of ether oxygens (including phenoxy) is 3. The van der Waals surface area contributed by atoms with Crippen LogP contribution in [0.3, 0.4) is 0 Å². The van der Waals surface area contributed by atoms with Gasteiger partial charge in [-0.15, -0.1) is 26.3 Å². The minimum atomic E-state index is -4.80. The highest BCUT2D eigenvalue weighted by atomic mass is 19.4. The Morgan fingerprint density at radius 2 is 1.04 bits per heavy atom. The maximum absolute atomic E-state index is 12.4. The van der Waals surface area contributed by atoms with Crippen molar-refractivity contribution >= 4 is 53.1 Å². The quantitative estimate of drug-likeness (QED) is 0.0366. The van der Waals surface area contributed by atoms with E-state index < -0.39 is 42.2 Å². The fourth-order valence-corrected chi connectivity index (χ4v) is 5.85. The van der Waals surface area contributed by atoms with Gasteiger partial charge in [-0.05, 0) is 121 Å². The molecule has 4 aromatic rings. The number of nitrogens with zero attached hydrogens (tertiary/aromatic N) is 5. The first-order valence-electron chi connectivity index (χ1n) is 21.3. The van der Waals surface area contributed by atoms with Gasteiger partial charge in [0.25, 0.3) is 0 Å². The van der Waals surface area contributed by atoms with Crippen LogP contribution in [0, 0.1) is 0 Å². The number of hydrogen-bond donors (Lipinski definition) is 7. The van der Waals surface area contributed by atoms with E-state index in [1.165, 1.54) is 29.2 Å². The summed E-state index contributed by atoms with van der Waals surface area (Å²) in [6, 6.07) is 12.0. The Balaban J connectivity index is 0.000000256. The molecule has 2 aromatic heterocycles. The largest absolute Gasteiger partial charge is 0.573 e. The average Bonchev–Trinajstić information content (AvgIpc) is 4.16. The Bertz CT molecular complexity index is 2260. The van der Waals surface area contributed by atoms with Crippen molar-refractivity contribution in [1.82, 2.24) is 30.2 Å². The van der Waals surface area contributed by atoms with Crippen molar-refractivity contribution in [3.63, 3.8) is 0 Å². The van der Waals surface area contributed by atoms with Crippen molar-refractivity contribution in [1.29, 1.82) is 0 Å². The first-order valence-corrected chi connectivity index (χ1v) is 21.3. The van der Waals surface area contributed by atoms with Gasteiger partial charge in [0.15, 0.2) is 0 Å². The average molecular weight is 949 g/mol. The number of urea groups is 2. The van der Waals surface area contributed by atoms with Gasteiger partial charge in [-0.25, -0.2) is 24.4 Å². The summed E-state index contributed by atoms with van der Waals surface area (Å²) in [6.45, 7) is 8.01. The third kappa shape index (κ3) is 19.7. The summed E-state index contributed by atoms with van der Waals surface area (Å²) in [4.78, 5) is 55.7. The standard InChI is InChI=1S/C24H31F3N6O4.C19H23F3N6O2/c1-23(2,3)37-22(35)33(4)13-5-12-28-19-14-18(15-6-7-15)30-20(31-19)32-21(34)29-16-8-10-17(11-9-16)36-24(25,26)27;1-23-9-2-10-24-16-11-15(12-3-4-12)26-17(27-16)28-18(29)25-13-5-7-14(8-6-13)30-19(20,21)22/h8-11,14-15H,5-7,12-13H2,1-4H3,(H3,28,29,30,31,32,34);5-8,11-12,23H,2-4,9-10H2,1H3,(H3,24,25,26,27,28,29). The lowest BCUT2D eigenvalue weighted by molar-refractivity contribution is -0.275. The number of carbonyl (C=O) groups excluding carboxylic acids is 3. The molecule has 0 bridgehead atoms. The fraction of sp³-hybridized carbons (Fsp3) is 0.465. The molecule has 2 aromatic carbocycles. The molecule has 0 radical (unpaired) electrons. The Kier molecular flexibility index (Phi) is 17.6. The van der Waals surface area contributed by atoms with Crippen LogP contribution in [-0.4, -0.2) is 102 Å². The van der Waals surface area contributed by atoms with E-state index in [2.05, 4.69) is 66.6 Å². The molecular weight excluding hydrogens is 895 g/mol. The van der Waals surface area contributed by atoms with Crippen LogP contribution in [-0.2, 0) is 4.74 Å². The van der Waals surface area contributed by atoms with Gasteiger partial charge < -0.3 is 45.7 Å². The maximum atomic E-state index is 12.4. The smallest absolute Gasteiger partial charge is 0.444 e. The summed E-state index contributed by atoms with van der Waals surface area (Å²) in [6.07, 6.45) is -4.32. The van der Waals surface area contributed by atoms with Crippen LogP contribution in [0.15, 0.2) is 60.7 Å². The van der Waals surface area contributed by atoms with Gasteiger partial charge in [0, 0.05) is 62.0 Å². The molecule has 6 rings (SSSR count). The van der Waals surface area contributed by atoms with Gasteiger partial charge in [0.1, 0.15) is 28.7 Å². The zero-order chi connectivity index (χ0) is 48.8. The molecule has 7 N–H and O–H groups in total. The van der Waals surface area contributed by atoms with E-state index in [1.807, 2.05) is 40.0 Å². The van der Waals surface area contributed by atoms with E-state index in [-0.39, 0.29) is 23.3 Å². The van der Waals surface area contributed by atoms with E-state index in [9.17, 15) is 40.7 Å². The predicted molar refractivity (Wildman–Crippen MR) is 239 cm³/mol. The second-order valence-corrected chi connectivity index (χ2v) is 16.4. The van der Waals surface area contributed by atoms with Crippen molar-refractivity contribution in [2.24, 2.45) is 0 Å². The second-order valence-electron chi connectivity index (χ2n) is 16.4. The van der Waals surface area contributed by atoms with Gasteiger partial charge in [-0.2, -0.15) is 9.97 Å². The number of aromatic nitrogens is 4. The lowest BCUT2D eigenvalue weighted by atomic mass is 10.2. The molecule has 24 heteroatoms. The molecule has 2 aliphatic carbocycles. The number of amides is 5. The molecule has 364 valence electrons. The monoisotopic (exact) mass is 948 g/mol. The van der Waals surface area contributed by atoms with Crippen LogP contribution in [0.25, 0.3) is 0 Å². The molecule has 0 atom stereocenters. The molecule has 0 saturated heterocycles. The molecule has 2 fully saturated rings. The topological polar surface area (TPSA) is 218 Å². The summed E-state index contributed by atoms with van der Waals surface area (Å²) < 4.78 is 86.5. The summed E-state index contributed by atoms with van der Waals surface area (Å²) in [5.74, 6) is 1.31. The van der Waals surface area contributed by atoms with E-state index >= 15 is 0 Å². The van der Waals surface area contributed by atoms with Crippen LogP contribution < -0.4 is 46.7 Å². The van der Waals surface area contributed by atoms with Crippen molar-refractivity contribution in [3.05, 3.63) is 72.1 Å². The number of carbonyl (C=O) groups is 3. The van der Waals surface area contributed by atoms with Gasteiger partial charge in [-0.1, -0.05) is 0 Å². The SMILES string of the molecule is CN(CCCNc1cc(C2CC2)nc(NC(=O)Nc2ccc(OC(F)(F)F)cc2)n1)C(=O)OC(C)(C)C.CNCCCNc1cc(C2CC2)nc(NC(=O)Nc2ccc(OC(F)(F)F)cc2)n1. The second kappa shape index (κ2) is 23.1. The minimum Gasteiger partial charge on any atom is -0.444 e. The number of halogens is 6. The van der Waals surface area contributed by atoms with Gasteiger partial charge >= 0.3 is 30.9 Å². The minimum absolute atomic E-state index is 0.0901. The normalized spacial score (nSPS) is 13.5. The van der Waals surface area contributed by atoms with Crippen LogP contribution in [0.5, 0.6) is 11.5 Å².